The third-order valence-electron chi connectivity index (χ3n) is 5.46. The van der Waals surface area contributed by atoms with Gasteiger partial charge in [-0.3, -0.25) is 9.59 Å². The summed E-state index contributed by atoms with van der Waals surface area (Å²) < 4.78 is 6.42. The number of carbonyl (C=O) groups is 2. The molecule has 36 heavy (non-hydrogen) atoms. The van der Waals surface area contributed by atoms with Crippen molar-refractivity contribution < 1.29 is 14.3 Å². The van der Waals surface area contributed by atoms with Crippen molar-refractivity contribution in [1.29, 1.82) is 0 Å². The SMILES string of the molecule is CCCNC(=O)[C@H](Cc1ccccc1)N(Cc1c(Cl)cccc1Cl)C(=O)COc1ccc(Cl)cc1Br. The lowest BCUT2D eigenvalue weighted by molar-refractivity contribution is -0.142. The van der Waals surface area contributed by atoms with Crippen LogP contribution >= 0.6 is 50.7 Å². The highest BCUT2D eigenvalue weighted by molar-refractivity contribution is 9.10. The lowest BCUT2D eigenvalue weighted by Gasteiger charge is -2.32. The van der Waals surface area contributed by atoms with E-state index >= 15 is 0 Å². The average Bonchev–Trinajstić information content (AvgIpc) is 2.86. The van der Waals surface area contributed by atoms with Crippen molar-refractivity contribution in [3.8, 4) is 5.75 Å². The molecule has 0 heterocycles. The molecule has 190 valence electrons. The van der Waals surface area contributed by atoms with E-state index in [0.29, 0.717) is 43.8 Å². The minimum atomic E-state index is -0.809. The number of nitrogens with zero attached hydrogens (tertiary/aromatic N) is 1. The van der Waals surface area contributed by atoms with Crippen LogP contribution in [-0.2, 0) is 22.6 Å². The molecule has 1 N–H and O–H groups in total. The van der Waals surface area contributed by atoms with Crippen molar-refractivity contribution in [3.63, 3.8) is 0 Å². The minimum Gasteiger partial charge on any atom is -0.483 e. The van der Waals surface area contributed by atoms with E-state index in [1.165, 1.54) is 4.90 Å². The molecule has 0 aliphatic heterocycles. The summed E-state index contributed by atoms with van der Waals surface area (Å²) in [4.78, 5) is 28.5. The van der Waals surface area contributed by atoms with Crippen LogP contribution in [0.1, 0.15) is 24.5 Å². The first-order chi connectivity index (χ1) is 17.3. The summed E-state index contributed by atoms with van der Waals surface area (Å²) in [6, 6.07) is 18.9. The number of hydrogen-bond donors (Lipinski definition) is 1. The Morgan fingerprint density at radius 1 is 1.00 bits per heavy atom. The van der Waals surface area contributed by atoms with Crippen molar-refractivity contribution in [2.75, 3.05) is 13.2 Å². The van der Waals surface area contributed by atoms with Gasteiger partial charge in [-0.15, -0.1) is 0 Å². The summed E-state index contributed by atoms with van der Waals surface area (Å²) in [6.07, 6.45) is 1.08. The number of rotatable bonds is 11. The van der Waals surface area contributed by atoms with Crippen LogP contribution in [0.2, 0.25) is 15.1 Å². The van der Waals surface area contributed by atoms with Gasteiger partial charge in [0.25, 0.3) is 5.91 Å². The Balaban J connectivity index is 1.95. The Morgan fingerprint density at radius 2 is 1.69 bits per heavy atom. The number of nitrogens with one attached hydrogen (secondary N) is 1. The molecule has 0 spiro atoms. The number of carbonyl (C=O) groups excluding carboxylic acids is 2. The van der Waals surface area contributed by atoms with E-state index in [0.717, 1.165) is 12.0 Å². The van der Waals surface area contributed by atoms with Gasteiger partial charge in [0.2, 0.25) is 5.91 Å². The molecule has 0 fully saturated rings. The van der Waals surface area contributed by atoms with E-state index in [9.17, 15) is 9.59 Å². The van der Waals surface area contributed by atoms with E-state index < -0.39 is 6.04 Å². The molecule has 0 bridgehead atoms. The van der Waals surface area contributed by atoms with Gasteiger partial charge in [-0.2, -0.15) is 0 Å². The van der Waals surface area contributed by atoms with Crippen LogP contribution < -0.4 is 10.1 Å². The van der Waals surface area contributed by atoms with Crippen LogP contribution in [0.3, 0.4) is 0 Å². The average molecular weight is 613 g/mol. The minimum absolute atomic E-state index is 0.0412. The van der Waals surface area contributed by atoms with Crippen molar-refractivity contribution in [3.05, 3.63) is 97.4 Å². The normalized spacial score (nSPS) is 11.6. The predicted molar refractivity (Wildman–Crippen MR) is 149 cm³/mol. The van der Waals surface area contributed by atoms with Gasteiger partial charge in [0.15, 0.2) is 6.61 Å². The number of amides is 2. The largest absolute Gasteiger partial charge is 0.483 e. The highest BCUT2D eigenvalue weighted by atomic mass is 79.9. The zero-order chi connectivity index (χ0) is 26.1. The van der Waals surface area contributed by atoms with Gasteiger partial charge in [0.1, 0.15) is 11.8 Å². The first-order valence-electron chi connectivity index (χ1n) is 11.4. The zero-order valence-corrected chi connectivity index (χ0v) is 23.5. The van der Waals surface area contributed by atoms with Crippen LogP contribution in [0.4, 0.5) is 0 Å². The summed E-state index contributed by atoms with van der Waals surface area (Å²) >= 11 is 22.3. The van der Waals surface area contributed by atoms with Gasteiger partial charge < -0.3 is 15.0 Å². The Morgan fingerprint density at radius 3 is 2.33 bits per heavy atom. The number of benzene rings is 3. The summed E-state index contributed by atoms with van der Waals surface area (Å²) in [7, 11) is 0. The lowest BCUT2D eigenvalue weighted by Crippen LogP contribution is -2.51. The van der Waals surface area contributed by atoms with E-state index in [1.54, 1.807) is 36.4 Å². The molecule has 0 radical (unpaired) electrons. The van der Waals surface area contributed by atoms with Gasteiger partial charge in [-0.25, -0.2) is 0 Å². The van der Waals surface area contributed by atoms with Crippen LogP contribution in [-0.4, -0.2) is 35.9 Å². The Labute approximate surface area is 234 Å². The van der Waals surface area contributed by atoms with Gasteiger partial charge in [-0.1, -0.05) is 78.1 Å². The van der Waals surface area contributed by atoms with Crippen molar-refractivity contribution in [1.82, 2.24) is 10.2 Å². The van der Waals surface area contributed by atoms with Crippen LogP contribution in [0, 0.1) is 0 Å². The summed E-state index contributed by atoms with van der Waals surface area (Å²) in [5.41, 5.74) is 1.47. The third kappa shape index (κ3) is 7.87. The topological polar surface area (TPSA) is 58.6 Å². The zero-order valence-electron chi connectivity index (χ0n) is 19.6. The smallest absolute Gasteiger partial charge is 0.261 e. The molecule has 0 aliphatic carbocycles. The summed E-state index contributed by atoms with van der Waals surface area (Å²) in [5.74, 6) is -0.191. The van der Waals surface area contributed by atoms with Crippen LogP contribution in [0.25, 0.3) is 0 Å². The van der Waals surface area contributed by atoms with E-state index in [4.69, 9.17) is 39.5 Å². The first kappa shape index (κ1) is 28.3. The Kier molecular flexibility index (Phi) is 10.9. The molecule has 0 saturated carbocycles. The van der Waals surface area contributed by atoms with Crippen LogP contribution in [0.5, 0.6) is 5.75 Å². The van der Waals surface area contributed by atoms with Crippen molar-refractivity contribution in [2.45, 2.75) is 32.4 Å². The second kappa shape index (κ2) is 13.9. The van der Waals surface area contributed by atoms with E-state index in [2.05, 4.69) is 21.2 Å². The maximum absolute atomic E-state index is 13.6. The molecular formula is C27H26BrCl3N2O3. The maximum Gasteiger partial charge on any atom is 0.261 e. The van der Waals surface area contributed by atoms with Crippen LogP contribution in [0.15, 0.2) is 71.2 Å². The molecule has 0 aromatic heterocycles. The number of hydrogen-bond acceptors (Lipinski definition) is 3. The molecule has 3 rings (SSSR count). The van der Waals surface area contributed by atoms with Gasteiger partial charge in [0, 0.05) is 40.1 Å². The molecule has 0 unspecified atom stereocenters. The molecule has 1 atom stereocenters. The monoisotopic (exact) mass is 610 g/mol. The predicted octanol–water partition coefficient (Wildman–Crippen LogP) is 6.95. The maximum atomic E-state index is 13.6. The Bertz CT molecular complexity index is 1170. The van der Waals surface area contributed by atoms with Crippen molar-refractivity contribution in [2.24, 2.45) is 0 Å². The molecular weight excluding hydrogens is 587 g/mol. The van der Waals surface area contributed by atoms with Gasteiger partial charge in [0.05, 0.1) is 4.47 Å². The summed E-state index contributed by atoms with van der Waals surface area (Å²) in [5, 5.41) is 4.29. The fourth-order valence-corrected chi connectivity index (χ4v) is 4.90. The highest BCUT2D eigenvalue weighted by Gasteiger charge is 2.31. The molecule has 5 nitrogen and oxygen atoms in total. The molecule has 3 aromatic rings. The fraction of sp³-hybridized carbons (Fsp3) is 0.259. The number of halogens is 4. The molecule has 3 aromatic carbocycles. The molecule has 0 aliphatic rings. The van der Waals surface area contributed by atoms with Crippen molar-refractivity contribution >= 4 is 62.5 Å². The fourth-order valence-electron chi connectivity index (χ4n) is 3.59. The van der Waals surface area contributed by atoms with E-state index in [1.807, 2.05) is 37.3 Å². The number of ether oxygens (including phenoxy) is 1. The Hall–Kier alpha value is -2.25. The molecule has 2 amide bonds. The lowest BCUT2D eigenvalue weighted by atomic mass is 10.0. The van der Waals surface area contributed by atoms with Gasteiger partial charge in [-0.05, 0) is 58.2 Å². The molecule has 0 saturated heterocycles. The van der Waals surface area contributed by atoms with Gasteiger partial charge >= 0.3 is 0 Å². The third-order valence-corrected chi connectivity index (χ3v) is 7.02. The second-order valence-electron chi connectivity index (χ2n) is 8.08. The second-order valence-corrected chi connectivity index (χ2v) is 10.2. The standard InChI is InChI=1S/C27H26BrCl3N2O3/c1-2-13-32-27(35)24(14-18-7-4-3-5-8-18)33(16-20-22(30)9-6-10-23(20)31)26(34)17-36-25-12-11-19(29)15-21(25)28/h3-12,15,24H,2,13-14,16-17H2,1H3,(H,32,35)/t24-/m0/s1. The highest BCUT2D eigenvalue weighted by Crippen LogP contribution is 2.29. The molecule has 9 heteroatoms. The summed E-state index contributed by atoms with van der Waals surface area (Å²) in [6.45, 7) is 2.21. The first-order valence-corrected chi connectivity index (χ1v) is 13.3. The quantitative estimate of drug-likeness (QED) is 0.255. The van der Waals surface area contributed by atoms with E-state index in [-0.39, 0.29) is 25.0 Å².